The molecule has 0 aromatic heterocycles. The van der Waals surface area contributed by atoms with E-state index in [1.165, 1.54) is 0 Å². The van der Waals surface area contributed by atoms with E-state index in [0.717, 1.165) is 11.1 Å². The van der Waals surface area contributed by atoms with Gasteiger partial charge in [-0.25, -0.2) is 0 Å². The van der Waals surface area contributed by atoms with E-state index in [0.29, 0.717) is 19.5 Å². The first kappa shape index (κ1) is 19.1. The van der Waals surface area contributed by atoms with E-state index in [-0.39, 0.29) is 30.5 Å². The van der Waals surface area contributed by atoms with E-state index < -0.39 is 5.97 Å². The van der Waals surface area contributed by atoms with Gasteiger partial charge in [-0.15, -0.1) is 0 Å². The van der Waals surface area contributed by atoms with E-state index >= 15 is 0 Å². The van der Waals surface area contributed by atoms with E-state index in [9.17, 15) is 14.7 Å². The van der Waals surface area contributed by atoms with Crippen LogP contribution < -0.4 is 0 Å². The number of benzene rings is 2. The Kier molecular flexibility index (Phi) is 6.24. The van der Waals surface area contributed by atoms with Gasteiger partial charge in [-0.2, -0.15) is 0 Å². The summed E-state index contributed by atoms with van der Waals surface area (Å²) in [4.78, 5) is 25.6. The summed E-state index contributed by atoms with van der Waals surface area (Å²) in [6, 6.07) is 19.7. The molecule has 0 spiro atoms. The van der Waals surface area contributed by atoms with Crippen molar-refractivity contribution < 1.29 is 19.4 Å². The van der Waals surface area contributed by atoms with Crippen LogP contribution in [0.4, 0.5) is 0 Å². The summed E-state index contributed by atoms with van der Waals surface area (Å²) in [6.07, 6.45) is 0.175. The van der Waals surface area contributed by atoms with Crippen LogP contribution in [0.5, 0.6) is 0 Å². The van der Waals surface area contributed by atoms with Gasteiger partial charge in [0.2, 0.25) is 5.91 Å². The van der Waals surface area contributed by atoms with Crippen LogP contribution in [0.15, 0.2) is 60.7 Å². The highest BCUT2D eigenvalue weighted by Gasteiger charge is 2.33. The van der Waals surface area contributed by atoms with Crippen LogP contribution in [0.2, 0.25) is 0 Å². The first-order valence-electron chi connectivity index (χ1n) is 9.28. The van der Waals surface area contributed by atoms with Crippen LogP contribution in [0.3, 0.4) is 0 Å². The fraction of sp³-hybridized carbons (Fsp3) is 0.364. The second kappa shape index (κ2) is 8.82. The van der Waals surface area contributed by atoms with Gasteiger partial charge in [0.15, 0.2) is 0 Å². The number of rotatable bonds is 6. The molecular weight excluding hydrogens is 342 g/mol. The number of carboxylic acids is 1. The number of nitrogens with zero attached hydrogens (tertiary/aromatic N) is 1. The van der Waals surface area contributed by atoms with Gasteiger partial charge in [-0.05, 0) is 23.5 Å². The minimum atomic E-state index is -0.779. The summed E-state index contributed by atoms with van der Waals surface area (Å²) >= 11 is 0. The molecule has 0 radical (unpaired) electrons. The highest BCUT2D eigenvalue weighted by molar-refractivity contribution is 5.78. The Labute approximate surface area is 159 Å². The number of hydrogen-bond donors (Lipinski definition) is 1. The molecule has 142 valence electrons. The third-order valence-corrected chi connectivity index (χ3v) is 5.15. The molecule has 1 aliphatic heterocycles. The Morgan fingerprint density at radius 3 is 2.11 bits per heavy atom. The number of carboxylic acid groups (broad SMARTS) is 1. The van der Waals surface area contributed by atoms with Crippen molar-refractivity contribution in [3.8, 4) is 0 Å². The highest BCUT2D eigenvalue weighted by atomic mass is 16.5. The molecule has 1 aliphatic rings. The standard InChI is InChI=1S/C22H25NO4/c1-16-14-23(13-12-19(16)22(25)26)20(24)15-27-21(17-8-4-2-5-9-17)18-10-6-3-7-11-18/h2-11,16,19,21H,12-15H2,1H3,(H,25,26). The van der Waals surface area contributed by atoms with Crippen LogP contribution in [-0.2, 0) is 14.3 Å². The molecule has 1 heterocycles. The van der Waals surface area contributed by atoms with Gasteiger partial charge in [0.1, 0.15) is 12.7 Å². The predicted octanol–water partition coefficient (Wildman–Crippen LogP) is 3.36. The quantitative estimate of drug-likeness (QED) is 0.850. The van der Waals surface area contributed by atoms with Crippen LogP contribution in [-0.4, -0.2) is 41.6 Å². The van der Waals surface area contributed by atoms with Crippen LogP contribution >= 0.6 is 0 Å². The molecule has 1 amide bonds. The molecule has 0 aliphatic carbocycles. The fourth-order valence-electron chi connectivity index (χ4n) is 3.63. The van der Waals surface area contributed by atoms with Crippen molar-refractivity contribution in [2.45, 2.75) is 19.4 Å². The topological polar surface area (TPSA) is 66.8 Å². The maximum atomic E-state index is 12.6. The maximum Gasteiger partial charge on any atom is 0.306 e. The number of likely N-dealkylation sites (tertiary alicyclic amines) is 1. The molecule has 2 unspecified atom stereocenters. The minimum Gasteiger partial charge on any atom is -0.481 e. The molecule has 2 aromatic carbocycles. The van der Waals surface area contributed by atoms with Crippen LogP contribution in [0.1, 0.15) is 30.6 Å². The van der Waals surface area contributed by atoms with E-state index in [4.69, 9.17) is 4.74 Å². The normalized spacial score (nSPS) is 19.9. The average molecular weight is 367 g/mol. The Hall–Kier alpha value is -2.66. The Balaban J connectivity index is 1.66. The lowest BCUT2D eigenvalue weighted by Gasteiger charge is -2.35. The molecule has 5 nitrogen and oxygen atoms in total. The molecule has 1 saturated heterocycles. The zero-order valence-electron chi connectivity index (χ0n) is 15.5. The van der Waals surface area contributed by atoms with Crippen molar-refractivity contribution in [3.05, 3.63) is 71.8 Å². The molecule has 2 atom stereocenters. The van der Waals surface area contributed by atoms with E-state index in [1.54, 1.807) is 4.90 Å². The predicted molar refractivity (Wildman–Crippen MR) is 102 cm³/mol. The number of piperidine rings is 1. The molecule has 27 heavy (non-hydrogen) atoms. The zero-order valence-corrected chi connectivity index (χ0v) is 15.5. The van der Waals surface area contributed by atoms with Crippen molar-refractivity contribution in [3.63, 3.8) is 0 Å². The smallest absolute Gasteiger partial charge is 0.306 e. The van der Waals surface area contributed by atoms with Crippen LogP contribution in [0.25, 0.3) is 0 Å². The Morgan fingerprint density at radius 2 is 1.63 bits per heavy atom. The number of ether oxygens (including phenoxy) is 1. The molecule has 0 saturated carbocycles. The molecule has 5 heteroatoms. The summed E-state index contributed by atoms with van der Waals surface area (Å²) in [6.45, 7) is 2.78. The molecular formula is C22H25NO4. The largest absolute Gasteiger partial charge is 0.481 e. The fourth-order valence-corrected chi connectivity index (χ4v) is 3.63. The van der Waals surface area contributed by atoms with Crippen molar-refractivity contribution in [2.24, 2.45) is 11.8 Å². The third-order valence-electron chi connectivity index (χ3n) is 5.15. The monoisotopic (exact) mass is 367 g/mol. The van der Waals surface area contributed by atoms with Crippen molar-refractivity contribution in [1.29, 1.82) is 0 Å². The lowest BCUT2D eigenvalue weighted by atomic mass is 9.87. The molecule has 1 fully saturated rings. The Bertz CT molecular complexity index is 723. The average Bonchev–Trinajstić information content (AvgIpc) is 2.69. The molecule has 3 rings (SSSR count). The summed E-state index contributed by atoms with van der Waals surface area (Å²) in [5.41, 5.74) is 1.99. The third kappa shape index (κ3) is 4.74. The van der Waals surface area contributed by atoms with Crippen molar-refractivity contribution in [2.75, 3.05) is 19.7 Å². The van der Waals surface area contributed by atoms with Crippen LogP contribution in [0, 0.1) is 11.8 Å². The first-order valence-corrected chi connectivity index (χ1v) is 9.28. The summed E-state index contributed by atoms with van der Waals surface area (Å²) in [5, 5.41) is 9.23. The van der Waals surface area contributed by atoms with E-state index in [1.807, 2.05) is 67.6 Å². The number of carbonyl (C=O) groups excluding carboxylic acids is 1. The second-order valence-corrected chi connectivity index (χ2v) is 7.06. The maximum absolute atomic E-state index is 12.6. The molecule has 1 N–H and O–H groups in total. The lowest BCUT2D eigenvalue weighted by molar-refractivity contribution is -0.150. The van der Waals surface area contributed by atoms with Gasteiger partial charge >= 0.3 is 5.97 Å². The van der Waals surface area contributed by atoms with Gasteiger partial charge in [0.05, 0.1) is 5.92 Å². The summed E-state index contributed by atoms with van der Waals surface area (Å²) in [7, 11) is 0. The second-order valence-electron chi connectivity index (χ2n) is 7.06. The lowest BCUT2D eigenvalue weighted by Crippen LogP contribution is -2.46. The van der Waals surface area contributed by atoms with Crippen molar-refractivity contribution in [1.82, 2.24) is 4.90 Å². The Morgan fingerprint density at radius 1 is 1.07 bits per heavy atom. The highest BCUT2D eigenvalue weighted by Crippen LogP contribution is 2.27. The van der Waals surface area contributed by atoms with Crippen molar-refractivity contribution >= 4 is 11.9 Å². The van der Waals surface area contributed by atoms with E-state index in [2.05, 4.69) is 0 Å². The zero-order chi connectivity index (χ0) is 19.2. The van der Waals surface area contributed by atoms with Gasteiger partial charge in [0, 0.05) is 13.1 Å². The van der Waals surface area contributed by atoms with Gasteiger partial charge in [-0.3, -0.25) is 9.59 Å². The number of hydrogen-bond acceptors (Lipinski definition) is 3. The SMILES string of the molecule is CC1CN(C(=O)COC(c2ccccc2)c2ccccc2)CCC1C(=O)O. The summed E-state index contributed by atoms with van der Waals surface area (Å²) in [5.74, 6) is -1.31. The number of amides is 1. The van der Waals surface area contributed by atoms with Gasteiger partial charge < -0.3 is 14.7 Å². The number of carbonyl (C=O) groups is 2. The number of aliphatic carboxylic acids is 1. The summed E-state index contributed by atoms with van der Waals surface area (Å²) < 4.78 is 6.03. The van der Waals surface area contributed by atoms with Gasteiger partial charge in [0.25, 0.3) is 0 Å². The molecule has 2 aromatic rings. The minimum absolute atomic E-state index is 0.0289. The van der Waals surface area contributed by atoms with Gasteiger partial charge in [-0.1, -0.05) is 67.6 Å². The molecule has 0 bridgehead atoms. The first-order chi connectivity index (χ1) is 13.1.